The molecule has 1 aliphatic heterocycles. The highest BCUT2D eigenvalue weighted by atomic mass is 32.1. The van der Waals surface area contributed by atoms with E-state index in [9.17, 15) is 8.78 Å². The van der Waals surface area contributed by atoms with Crippen molar-refractivity contribution in [2.45, 2.75) is 13.0 Å². The maximum absolute atomic E-state index is 14.1. The standard InChI is InChI=1S/C23H17F2N3OS/c1-13-22(28-23(30-13)18-7-2-3-10-26-18)14-8-9-17-20(11-14)29-12-19(27-17)21-15(24)5-4-6-16(21)25/h2-11,19,27H,12H2,1H3. The fraction of sp³-hybridized carbons (Fsp3) is 0.130. The fourth-order valence-corrected chi connectivity index (χ4v) is 4.49. The van der Waals surface area contributed by atoms with Crippen molar-refractivity contribution in [1.82, 2.24) is 9.97 Å². The largest absolute Gasteiger partial charge is 0.489 e. The van der Waals surface area contributed by atoms with Crippen LogP contribution < -0.4 is 10.1 Å². The molecular formula is C23H17F2N3OS. The van der Waals surface area contributed by atoms with Gasteiger partial charge in [0.15, 0.2) is 0 Å². The summed E-state index contributed by atoms with van der Waals surface area (Å²) in [6, 6.07) is 14.7. The van der Waals surface area contributed by atoms with Crippen molar-refractivity contribution in [1.29, 1.82) is 0 Å². The molecule has 1 N–H and O–H groups in total. The van der Waals surface area contributed by atoms with Crippen LogP contribution in [0.5, 0.6) is 5.75 Å². The van der Waals surface area contributed by atoms with Crippen LogP contribution in [0.25, 0.3) is 22.0 Å². The van der Waals surface area contributed by atoms with Crippen molar-refractivity contribution in [2.75, 3.05) is 11.9 Å². The Bertz CT molecular complexity index is 1210. The summed E-state index contributed by atoms with van der Waals surface area (Å²) in [6.45, 7) is 2.15. The minimum Gasteiger partial charge on any atom is -0.489 e. The van der Waals surface area contributed by atoms with Crippen LogP contribution in [0.2, 0.25) is 0 Å². The van der Waals surface area contributed by atoms with Gasteiger partial charge in [-0.1, -0.05) is 18.2 Å². The second-order valence-electron chi connectivity index (χ2n) is 6.99. The van der Waals surface area contributed by atoms with E-state index in [1.54, 1.807) is 17.5 Å². The Morgan fingerprint density at radius 3 is 2.67 bits per heavy atom. The molecule has 0 fully saturated rings. The Morgan fingerprint density at radius 2 is 1.90 bits per heavy atom. The molecule has 0 amide bonds. The third-order valence-electron chi connectivity index (χ3n) is 5.02. The molecule has 0 bridgehead atoms. The average Bonchev–Trinajstić information content (AvgIpc) is 3.15. The lowest BCUT2D eigenvalue weighted by Gasteiger charge is -2.28. The average molecular weight is 421 g/mol. The van der Waals surface area contributed by atoms with Gasteiger partial charge in [-0.2, -0.15) is 0 Å². The third kappa shape index (κ3) is 3.31. The molecule has 7 heteroatoms. The number of nitrogens with one attached hydrogen (secondary N) is 1. The molecule has 1 unspecified atom stereocenters. The number of aryl methyl sites for hydroxylation is 1. The van der Waals surface area contributed by atoms with Crippen LogP contribution >= 0.6 is 11.3 Å². The highest BCUT2D eigenvalue weighted by Crippen LogP contribution is 2.40. The van der Waals surface area contributed by atoms with Crippen molar-refractivity contribution in [3.8, 4) is 27.7 Å². The summed E-state index contributed by atoms with van der Waals surface area (Å²) >= 11 is 1.59. The third-order valence-corrected chi connectivity index (χ3v) is 6.01. The summed E-state index contributed by atoms with van der Waals surface area (Å²) in [7, 11) is 0. The van der Waals surface area contributed by atoms with Gasteiger partial charge in [0.1, 0.15) is 29.0 Å². The molecule has 30 heavy (non-hydrogen) atoms. The fourth-order valence-electron chi connectivity index (χ4n) is 3.57. The van der Waals surface area contributed by atoms with E-state index in [-0.39, 0.29) is 12.2 Å². The van der Waals surface area contributed by atoms with E-state index in [4.69, 9.17) is 9.72 Å². The lowest BCUT2D eigenvalue weighted by molar-refractivity contribution is 0.280. The first-order chi connectivity index (χ1) is 14.6. The first-order valence-electron chi connectivity index (χ1n) is 9.46. The van der Waals surface area contributed by atoms with Gasteiger partial charge in [-0.3, -0.25) is 4.98 Å². The number of fused-ring (bicyclic) bond motifs is 1. The van der Waals surface area contributed by atoms with Gasteiger partial charge in [-0.05, 0) is 43.3 Å². The summed E-state index contributed by atoms with van der Waals surface area (Å²) in [5, 5.41) is 4.04. The Morgan fingerprint density at radius 1 is 1.07 bits per heavy atom. The van der Waals surface area contributed by atoms with Gasteiger partial charge in [0.2, 0.25) is 0 Å². The molecule has 2 aromatic heterocycles. The second-order valence-corrected chi connectivity index (χ2v) is 8.20. The highest BCUT2D eigenvalue weighted by Gasteiger charge is 2.26. The Labute approximate surface area is 176 Å². The molecule has 5 rings (SSSR count). The number of ether oxygens (including phenoxy) is 1. The van der Waals surface area contributed by atoms with Gasteiger partial charge in [0.25, 0.3) is 0 Å². The maximum Gasteiger partial charge on any atom is 0.143 e. The first kappa shape index (κ1) is 18.7. The number of thiazole rings is 1. The van der Waals surface area contributed by atoms with Gasteiger partial charge in [0, 0.05) is 22.2 Å². The summed E-state index contributed by atoms with van der Waals surface area (Å²) in [4.78, 5) is 10.2. The van der Waals surface area contributed by atoms with Crippen LogP contribution in [0.4, 0.5) is 14.5 Å². The minimum absolute atomic E-state index is 0.0115. The molecule has 0 spiro atoms. The normalized spacial score (nSPS) is 15.2. The summed E-state index contributed by atoms with van der Waals surface area (Å²) < 4.78 is 34.1. The molecule has 1 atom stereocenters. The van der Waals surface area contributed by atoms with E-state index < -0.39 is 17.7 Å². The van der Waals surface area contributed by atoms with Crippen LogP contribution in [0.15, 0.2) is 60.8 Å². The number of halogens is 2. The number of pyridine rings is 1. The van der Waals surface area contributed by atoms with Crippen molar-refractivity contribution >= 4 is 17.0 Å². The molecule has 2 aromatic carbocycles. The van der Waals surface area contributed by atoms with Crippen LogP contribution in [-0.2, 0) is 0 Å². The van der Waals surface area contributed by atoms with Crippen LogP contribution in [0.1, 0.15) is 16.5 Å². The quantitative estimate of drug-likeness (QED) is 0.440. The molecule has 4 aromatic rings. The summed E-state index contributed by atoms with van der Waals surface area (Å²) in [6.07, 6.45) is 1.75. The predicted molar refractivity (Wildman–Crippen MR) is 114 cm³/mol. The van der Waals surface area contributed by atoms with E-state index in [1.165, 1.54) is 18.2 Å². The number of nitrogens with zero attached hydrogens (tertiary/aromatic N) is 2. The molecule has 4 nitrogen and oxygen atoms in total. The SMILES string of the molecule is Cc1sc(-c2ccccn2)nc1-c1ccc2c(c1)OCC(c1c(F)cccc1F)N2. The van der Waals surface area contributed by atoms with Crippen molar-refractivity contribution in [2.24, 2.45) is 0 Å². The Hall–Kier alpha value is -3.32. The zero-order chi connectivity index (χ0) is 20.7. The smallest absolute Gasteiger partial charge is 0.143 e. The predicted octanol–water partition coefficient (Wildman–Crippen LogP) is 6.00. The molecule has 1 aliphatic rings. The molecule has 3 heterocycles. The Balaban J connectivity index is 1.45. The molecule has 0 saturated heterocycles. The number of anilines is 1. The van der Waals surface area contributed by atoms with Gasteiger partial charge < -0.3 is 10.1 Å². The number of benzene rings is 2. The van der Waals surface area contributed by atoms with E-state index >= 15 is 0 Å². The second kappa shape index (κ2) is 7.50. The van der Waals surface area contributed by atoms with Crippen molar-refractivity contribution in [3.05, 3.63) is 82.9 Å². The molecule has 0 saturated carbocycles. The van der Waals surface area contributed by atoms with Crippen LogP contribution in [0.3, 0.4) is 0 Å². The van der Waals surface area contributed by atoms with Gasteiger partial charge in [-0.15, -0.1) is 11.3 Å². The number of hydrogen-bond acceptors (Lipinski definition) is 5. The van der Waals surface area contributed by atoms with E-state index in [1.807, 2.05) is 43.3 Å². The maximum atomic E-state index is 14.1. The first-order valence-corrected chi connectivity index (χ1v) is 10.3. The monoisotopic (exact) mass is 421 g/mol. The number of hydrogen-bond donors (Lipinski definition) is 1. The zero-order valence-electron chi connectivity index (χ0n) is 16.0. The molecule has 0 radical (unpaired) electrons. The lowest BCUT2D eigenvalue weighted by Crippen LogP contribution is -2.25. The molecule has 150 valence electrons. The topological polar surface area (TPSA) is 47.0 Å². The zero-order valence-corrected chi connectivity index (χ0v) is 16.8. The van der Waals surface area contributed by atoms with Gasteiger partial charge in [-0.25, -0.2) is 13.8 Å². The molecular weight excluding hydrogens is 404 g/mol. The highest BCUT2D eigenvalue weighted by molar-refractivity contribution is 7.15. The van der Waals surface area contributed by atoms with E-state index in [0.717, 1.165) is 26.8 Å². The van der Waals surface area contributed by atoms with Crippen molar-refractivity contribution in [3.63, 3.8) is 0 Å². The van der Waals surface area contributed by atoms with Crippen LogP contribution in [0, 0.1) is 18.6 Å². The summed E-state index contributed by atoms with van der Waals surface area (Å²) in [5.74, 6) is -0.542. The van der Waals surface area contributed by atoms with E-state index in [0.29, 0.717) is 11.4 Å². The number of aromatic nitrogens is 2. The molecule has 0 aliphatic carbocycles. The minimum atomic E-state index is -0.596. The lowest BCUT2D eigenvalue weighted by atomic mass is 10.0. The van der Waals surface area contributed by atoms with Crippen LogP contribution in [-0.4, -0.2) is 16.6 Å². The number of rotatable bonds is 3. The summed E-state index contributed by atoms with van der Waals surface area (Å²) in [5.41, 5.74) is 3.30. The van der Waals surface area contributed by atoms with Gasteiger partial charge in [0.05, 0.1) is 23.1 Å². The van der Waals surface area contributed by atoms with Gasteiger partial charge >= 0.3 is 0 Å². The van der Waals surface area contributed by atoms with E-state index in [2.05, 4.69) is 10.3 Å². The van der Waals surface area contributed by atoms with Crippen molar-refractivity contribution < 1.29 is 13.5 Å². The Kier molecular flexibility index (Phi) is 4.67.